The lowest BCUT2D eigenvalue weighted by molar-refractivity contribution is 0.0640. The summed E-state index contributed by atoms with van der Waals surface area (Å²) in [5.74, 6) is 0.668. The summed E-state index contributed by atoms with van der Waals surface area (Å²) >= 11 is 0. The molecule has 1 unspecified atom stereocenters. The van der Waals surface area contributed by atoms with Crippen molar-refractivity contribution in [3.05, 3.63) is 30.1 Å². The second-order valence-electron chi connectivity index (χ2n) is 5.06. The van der Waals surface area contributed by atoms with Crippen molar-refractivity contribution in [3.8, 4) is 5.75 Å². The Labute approximate surface area is 108 Å². The summed E-state index contributed by atoms with van der Waals surface area (Å²) in [7, 11) is 0. The fraction of sp³-hybridized carbons (Fsp3) is 0.600. The van der Waals surface area contributed by atoms with Crippen LogP contribution in [-0.2, 0) is 0 Å². The number of aliphatic hydroxyl groups excluding tert-OH is 1. The van der Waals surface area contributed by atoms with Crippen LogP contribution in [0.25, 0.3) is 0 Å². The third kappa shape index (κ3) is 3.98. The number of hydrogen-bond donors (Lipinski definition) is 1. The molecule has 3 heteroatoms. The van der Waals surface area contributed by atoms with Gasteiger partial charge in [0.2, 0.25) is 0 Å². The summed E-state index contributed by atoms with van der Waals surface area (Å²) in [6, 6.07) is 6.12. The molecular weight excluding hydrogens is 231 g/mol. The zero-order valence-corrected chi connectivity index (χ0v) is 10.6. The standard InChI is InChI=1S/C15H21FO2/c16-13-7-4-8-14(11-13)18-10-9-15(17)12-5-2-1-3-6-12/h4,7-8,11-12,15,17H,1-3,5-6,9-10H2. The second kappa shape index (κ2) is 6.74. The van der Waals surface area contributed by atoms with Crippen LogP contribution in [0.4, 0.5) is 4.39 Å². The summed E-state index contributed by atoms with van der Waals surface area (Å²) in [4.78, 5) is 0. The molecule has 0 saturated heterocycles. The quantitative estimate of drug-likeness (QED) is 0.868. The molecule has 1 aromatic rings. The molecule has 0 heterocycles. The highest BCUT2D eigenvalue weighted by Gasteiger charge is 2.21. The van der Waals surface area contributed by atoms with Crippen LogP contribution >= 0.6 is 0 Å². The van der Waals surface area contributed by atoms with Gasteiger partial charge in [0.05, 0.1) is 12.7 Å². The molecule has 0 radical (unpaired) electrons. The van der Waals surface area contributed by atoms with E-state index >= 15 is 0 Å². The molecule has 1 aliphatic carbocycles. The van der Waals surface area contributed by atoms with E-state index in [0.717, 1.165) is 12.8 Å². The van der Waals surface area contributed by atoms with Gasteiger partial charge in [-0.3, -0.25) is 0 Å². The average molecular weight is 252 g/mol. The zero-order chi connectivity index (χ0) is 12.8. The molecule has 1 fully saturated rings. The molecule has 0 amide bonds. The lowest BCUT2D eigenvalue weighted by atomic mass is 9.84. The zero-order valence-electron chi connectivity index (χ0n) is 10.6. The molecule has 2 nitrogen and oxygen atoms in total. The van der Waals surface area contributed by atoms with Crippen LogP contribution in [0.3, 0.4) is 0 Å². The van der Waals surface area contributed by atoms with E-state index in [1.54, 1.807) is 12.1 Å². The Morgan fingerprint density at radius 1 is 1.28 bits per heavy atom. The number of aliphatic hydroxyl groups is 1. The van der Waals surface area contributed by atoms with Gasteiger partial charge in [0, 0.05) is 12.5 Å². The predicted molar refractivity (Wildman–Crippen MR) is 69.1 cm³/mol. The first-order valence-corrected chi connectivity index (χ1v) is 6.82. The van der Waals surface area contributed by atoms with E-state index in [9.17, 15) is 9.50 Å². The Morgan fingerprint density at radius 2 is 2.06 bits per heavy atom. The SMILES string of the molecule is OC(CCOc1cccc(F)c1)C1CCCCC1. The molecule has 1 saturated carbocycles. The van der Waals surface area contributed by atoms with Crippen LogP contribution in [0.1, 0.15) is 38.5 Å². The lowest BCUT2D eigenvalue weighted by Gasteiger charge is -2.26. The summed E-state index contributed by atoms with van der Waals surface area (Å²) in [5.41, 5.74) is 0. The summed E-state index contributed by atoms with van der Waals surface area (Å²) in [6.45, 7) is 0.446. The van der Waals surface area contributed by atoms with Crippen LogP contribution in [0.5, 0.6) is 5.75 Å². The van der Waals surface area contributed by atoms with Crippen molar-refractivity contribution >= 4 is 0 Å². The van der Waals surface area contributed by atoms with Gasteiger partial charge in [-0.15, -0.1) is 0 Å². The maximum Gasteiger partial charge on any atom is 0.126 e. The lowest BCUT2D eigenvalue weighted by Crippen LogP contribution is -2.24. The minimum absolute atomic E-state index is 0.279. The number of hydrogen-bond acceptors (Lipinski definition) is 2. The number of rotatable bonds is 5. The van der Waals surface area contributed by atoms with Gasteiger partial charge in [-0.05, 0) is 30.9 Å². The van der Waals surface area contributed by atoms with E-state index in [0.29, 0.717) is 24.7 Å². The van der Waals surface area contributed by atoms with E-state index < -0.39 is 0 Å². The van der Waals surface area contributed by atoms with E-state index in [2.05, 4.69) is 0 Å². The van der Waals surface area contributed by atoms with Crippen molar-refractivity contribution in [2.24, 2.45) is 5.92 Å². The third-order valence-electron chi connectivity index (χ3n) is 3.67. The Bertz CT molecular complexity index is 361. The minimum atomic E-state index is -0.291. The molecular formula is C15H21FO2. The van der Waals surface area contributed by atoms with Crippen molar-refractivity contribution in [1.82, 2.24) is 0 Å². The first-order valence-electron chi connectivity index (χ1n) is 6.82. The smallest absolute Gasteiger partial charge is 0.126 e. The predicted octanol–water partition coefficient (Wildman–Crippen LogP) is 3.54. The number of halogens is 1. The van der Waals surface area contributed by atoms with E-state index in [-0.39, 0.29) is 11.9 Å². The van der Waals surface area contributed by atoms with E-state index in [4.69, 9.17) is 4.74 Å². The third-order valence-corrected chi connectivity index (χ3v) is 3.67. The van der Waals surface area contributed by atoms with Gasteiger partial charge < -0.3 is 9.84 Å². The Kier molecular flexibility index (Phi) is 5.00. The highest BCUT2D eigenvalue weighted by atomic mass is 19.1. The van der Waals surface area contributed by atoms with E-state index in [1.165, 1.54) is 31.4 Å². The van der Waals surface area contributed by atoms with Gasteiger partial charge in [-0.25, -0.2) is 4.39 Å². The summed E-state index contributed by atoms with van der Waals surface area (Å²) < 4.78 is 18.4. The normalized spacial score (nSPS) is 18.6. The molecule has 0 spiro atoms. The topological polar surface area (TPSA) is 29.5 Å². The van der Waals surface area contributed by atoms with Gasteiger partial charge in [0.1, 0.15) is 11.6 Å². The molecule has 1 N–H and O–H groups in total. The summed E-state index contributed by atoms with van der Waals surface area (Å²) in [5, 5.41) is 10.1. The van der Waals surface area contributed by atoms with Crippen LogP contribution in [-0.4, -0.2) is 17.8 Å². The summed E-state index contributed by atoms with van der Waals surface area (Å²) in [6.07, 6.45) is 6.35. The molecule has 0 bridgehead atoms. The highest BCUT2D eigenvalue weighted by Crippen LogP contribution is 2.27. The van der Waals surface area contributed by atoms with Crippen molar-refractivity contribution in [2.45, 2.75) is 44.6 Å². The van der Waals surface area contributed by atoms with Crippen LogP contribution in [0, 0.1) is 11.7 Å². The first-order chi connectivity index (χ1) is 8.75. The fourth-order valence-electron chi connectivity index (χ4n) is 2.61. The van der Waals surface area contributed by atoms with Crippen molar-refractivity contribution < 1.29 is 14.2 Å². The van der Waals surface area contributed by atoms with Gasteiger partial charge in [-0.1, -0.05) is 25.3 Å². The molecule has 0 aliphatic heterocycles. The maximum atomic E-state index is 12.9. The molecule has 0 aromatic heterocycles. The van der Waals surface area contributed by atoms with Gasteiger partial charge in [-0.2, -0.15) is 0 Å². The molecule has 2 rings (SSSR count). The Balaban J connectivity index is 1.71. The van der Waals surface area contributed by atoms with Crippen molar-refractivity contribution in [1.29, 1.82) is 0 Å². The maximum absolute atomic E-state index is 12.9. The Hall–Kier alpha value is -1.09. The largest absolute Gasteiger partial charge is 0.493 e. The van der Waals surface area contributed by atoms with Gasteiger partial charge >= 0.3 is 0 Å². The molecule has 18 heavy (non-hydrogen) atoms. The Morgan fingerprint density at radius 3 is 2.78 bits per heavy atom. The van der Waals surface area contributed by atoms with Gasteiger partial charge in [0.25, 0.3) is 0 Å². The van der Waals surface area contributed by atoms with Crippen LogP contribution < -0.4 is 4.74 Å². The van der Waals surface area contributed by atoms with Crippen LogP contribution in [0.15, 0.2) is 24.3 Å². The molecule has 1 aliphatic rings. The van der Waals surface area contributed by atoms with Gasteiger partial charge in [0.15, 0.2) is 0 Å². The second-order valence-corrected chi connectivity index (χ2v) is 5.06. The number of ether oxygens (including phenoxy) is 1. The minimum Gasteiger partial charge on any atom is -0.493 e. The van der Waals surface area contributed by atoms with Crippen LogP contribution in [0.2, 0.25) is 0 Å². The molecule has 1 aromatic carbocycles. The molecule has 100 valence electrons. The number of benzene rings is 1. The monoisotopic (exact) mass is 252 g/mol. The van der Waals surface area contributed by atoms with Crippen molar-refractivity contribution in [2.75, 3.05) is 6.61 Å². The first kappa shape index (κ1) is 13.3. The van der Waals surface area contributed by atoms with E-state index in [1.807, 2.05) is 0 Å². The van der Waals surface area contributed by atoms with Crippen molar-refractivity contribution in [3.63, 3.8) is 0 Å². The fourth-order valence-corrected chi connectivity index (χ4v) is 2.61. The average Bonchev–Trinajstić information content (AvgIpc) is 2.40. The molecule has 1 atom stereocenters. The highest BCUT2D eigenvalue weighted by molar-refractivity contribution is 5.22.